The average Bonchev–Trinajstić information content (AvgIpc) is 2.84. The van der Waals surface area contributed by atoms with Crippen molar-refractivity contribution in [3.8, 4) is 5.75 Å². The van der Waals surface area contributed by atoms with E-state index >= 15 is 0 Å². The number of ether oxygens (including phenoxy) is 1. The van der Waals surface area contributed by atoms with Crippen LogP contribution < -0.4 is 5.32 Å². The van der Waals surface area contributed by atoms with Crippen LogP contribution in [0.15, 0.2) is 48.5 Å². The maximum Gasteiger partial charge on any atom is 0.115 e. The first-order valence-corrected chi connectivity index (χ1v) is 7.55. The van der Waals surface area contributed by atoms with Crippen LogP contribution in [0.2, 0.25) is 0 Å². The Labute approximate surface area is 124 Å². The van der Waals surface area contributed by atoms with Crippen LogP contribution in [0.25, 0.3) is 0 Å². The third kappa shape index (κ3) is 2.04. The quantitative estimate of drug-likeness (QED) is 0.844. The molecule has 2 aromatic rings. The maximum atomic E-state index is 9.49. The fourth-order valence-electron chi connectivity index (χ4n) is 3.61. The SMILES string of the molecule is Oc1ccc([C@H]2OC3(CCNCC3)c3ccccc32)cc1. The summed E-state index contributed by atoms with van der Waals surface area (Å²) in [6, 6.07) is 15.9. The van der Waals surface area contributed by atoms with E-state index in [4.69, 9.17) is 4.74 Å². The van der Waals surface area contributed by atoms with E-state index in [1.54, 1.807) is 12.1 Å². The van der Waals surface area contributed by atoms with Gasteiger partial charge in [0.15, 0.2) is 0 Å². The molecule has 108 valence electrons. The van der Waals surface area contributed by atoms with Crippen molar-refractivity contribution < 1.29 is 9.84 Å². The number of rotatable bonds is 1. The van der Waals surface area contributed by atoms with E-state index in [0.717, 1.165) is 31.5 Å². The van der Waals surface area contributed by atoms with Crippen molar-refractivity contribution in [1.29, 1.82) is 0 Å². The Morgan fingerprint density at radius 1 is 1.00 bits per heavy atom. The van der Waals surface area contributed by atoms with Crippen LogP contribution in [0.1, 0.15) is 35.6 Å². The number of nitrogens with one attached hydrogen (secondary N) is 1. The molecule has 0 amide bonds. The van der Waals surface area contributed by atoms with Gasteiger partial charge in [0.25, 0.3) is 0 Å². The molecule has 1 atom stereocenters. The third-order valence-electron chi connectivity index (χ3n) is 4.68. The first-order valence-electron chi connectivity index (χ1n) is 7.55. The number of piperidine rings is 1. The van der Waals surface area contributed by atoms with E-state index in [-0.39, 0.29) is 11.7 Å². The Hall–Kier alpha value is -1.84. The largest absolute Gasteiger partial charge is 0.508 e. The van der Waals surface area contributed by atoms with Gasteiger partial charge in [-0.3, -0.25) is 0 Å². The molecule has 2 aliphatic heterocycles. The Balaban J connectivity index is 1.79. The van der Waals surface area contributed by atoms with Gasteiger partial charge in [0.1, 0.15) is 11.9 Å². The molecule has 3 heteroatoms. The van der Waals surface area contributed by atoms with Crippen molar-refractivity contribution in [3.05, 3.63) is 65.2 Å². The summed E-state index contributed by atoms with van der Waals surface area (Å²) in [6.45, 7) is 1.99. The molecule has 1 fully saturated rings. The second-order valence-corrected chi connectivity index (χ2v) is 5.92. The van der Waals surface area contributed by atoms with Gasteiger partial charge in [-0.1, -0.05) is 36.4 Å². The summed E-state index contributed by atoms with van der Waals surface area (Å²) in [5, 5.41) is 12.9. The van der Waals surface area contributed by atoms with Gasteiger partial charge in [-0.2, -0.15) is 0 Å². The molecule has 2 N–H and O–H groups in total. The fraction of sp³-hybridized carbons (Fsp3) is 0.333. The third-order valence-corrected chi connectivity index (χ3v) is 4.68. The first-order chi connectivity index (χ1) is 10.3. The van der Waals surface area contributed by atoms with Gasteiger partial charge < -0.3 is 15.2 Å². The Morgan fingerprint density at radius 3 is 2.48 bits per heavy atom. The van der Waals surface area contributed by atoms with E-state index in [2.05, 4.69) is 29.6 Å². The molecule has 0 bridgehead atoms. The van der Waals surface area contributed by atoms with Crippen molar-refractivity contribution in [2.45, 2.75) is 24.5 Å². The van der Waals surface area contributed by atoms with Gasteiger partial charge in [-0.15, -0.1) is 0 Å². The minimum atomic E-state index is -0.148. The van der Waals surface area contributed by atoms with Crippen molar-refractivity contribution in [1.82, 2.24) is 5.32 Å². The fourth-order valence-corrected chi connectivity index (χ4v) is 3.61. The summed E-state index contributed by atoms with van der Waals surface area (Å²) in [7, 11) is 0. The van der Waals surface area contributed by atoms with Crippen LogP contribution in [0, 0.1) is 0 Å². The lowest BCUT2D eigenvalue weighted by Crippen LogP contribution is -2.39. The molecule has 0 unspecified atom stereocenters. The van der Waals surface area contributed by atoms with Crippen LogP contribution in [0.4, 0.5) is 0 Å². The Kier molecular flexibility index (Phi) is 2.98. The average molecular weight is 281 g/mol. The molecule has 2 heterocycles. The smallest absolute Gasteiger partial charge is 0.115 e. The number of phenols is 1. The van der Waals surface area contributed by atoms with Crippen LogP contribution in [0.3, 0.4) is 0 Å². The molecule has 21 heavy (non-hydrogen) atoms. The zero-order valence-electron chi connectivity index (χ0n) is 11.9. The lowest BCUT2D eigenvalue weighted by Gasteiger charge is -2.34. The molecule has 0 aliphatic carbocycles. The first kappa shape index (κ1) is 12.9. The molecular formula is C18H19NO2. The van der Waals surface area contributed by atoms with E-state index in [0.29, 0.717) is 5.75 Å². The number of hydrogen-bond acceptors (Lipinski definition) is 3. The summed E-state index contributed by atoms with van der Waals surface area (Å²) in [5.41, 5.74) is 3.56. The zero-order valence-corrected chi connectivity index (χ0v) is 11.9. The second kappa shape index (κ2) is 4.86. The predicted octanol–water partition coefficient (Wildman–Crippen LogP) is 3.09. The highest BCUT2D eigenvalue weighted by Gasteiger charge is 2.45. The number of phenolic OH excluding ortho intramolecular Hbond substituents is 1. The molecule has 2 aliphatic rings. The van der Waals surface area contributed by atoms with E-state index in [9.17, 15) is 5.11 Å². The van der Waals surface area contributed by atoms with Crippen molar-refractivity contribution in [2.24, 2.45) is 0 Å². The number of hydrogen-bond donors (Lipinski definition) is 2. The van der Waals surface area contributed by atoms with Crippen LogP contribution in [0.5, 0.6) is 5.75 Å². The second-order valence-electron chi connectivity index (χ2n) is 5.92. The van der Waals surface area contributed by atoms with Crippen LogP contribution in [-0.4, -0.2) is 18.2 Å². The molecule has 3 nitrogen and oxygen atoms in total. The summed E-state index contributed by atoms with van der Waals surface area (Å²) in [6.07, 6.45) is 2.00. The van der Waals surface area contributed by atoms with Crippen molar-refractivity contribution in [2.75, 3.05) is 13.1 Å². The van der Waals surface area contributed by atoms with Gasteiger partial charge >= 0.3 is 0 Å². The summed E-state index contributed by atoms with van der Waals surface area (Å²) in [4.78, 5) is 0. The molecule has 1 spiro atoms. The van der Waals surface area contributed by atoms with Crippen molar-refractivity contribution >= 4 is 0 Å². The summed E-state index contributed by atoms with van der Waals surface area (Å²) in [5.74, 6) is 0.293. The minimum absolute atomic E-state index is 0.0279. The standard InChI is InChI=1S/C18H19NO2/c20-14-7-5-13(6-8-14)17-15-3-1-2-4-16(15)18(21-17)9-11-19-12-10-18/h1-8,17,19-20H,9-12H2/t17-/m1/s1. The van der Waals surface area contributed by atoms with Gasteiger partial charge in [0, 0.05) is 0 Å². The monoisotopic (exact) mass is 281 g/mol. The van der Waals surface area contributed by atoms with Gasteiger partial charge in [0.05, 0.1) is 5.60 Å². The molecule has 0 aromatic heterocycles. The molecule has 0 saturated carbocycles. The van der Waals surface area contributed by atoms with E-state index in [1.807, 2.05) is 12.1 Å². The van der Waals surface area contributed by atoms with Gasteiger partial charge in [0.2, 0.25) is 0 Å². The van der Waals surface area contributed by atoms with Crippen molar-refractivity contribution in [3.63, 3.8) is 0 Å². The number of fused-ring (bicyclic) bond motifs is 2. The highest BCUT2D eigenvalue weighted by molar-refractivity contribution is 5.44. The molecule has 2 aromatic carbocycles. The summed E-state index contributed by atoms with van der Waals surface area (Å²) >= 11 is 0. The number of benzene rings is 2. The highest BCUT2D eigenvalue weighted by Crippen LogP contribution is 2.50. The highest BCUT2D eigenvalue weighted by atomic mass is 16.5. The Morgan fingerprint density at radius 2 is 1.71 bits per heavy atom. The molecule has 1 saturated heterocycles. The lowest BCUT2D eigenvalue weighted by atomic mass is 9.84. The topological polar surface area (TPSA) is 41.5 Å². The zero-order chi connectivity index (χ0) is 14.3. The molecule has 4 rings (SSSR count). The normalized spacial score (nSPS) is 23.1. The van der Waals surface area contributed by atoms with E-state index < -0.39 is 0 Å². The van der Waals surface area contributed by atoms with Crippen LogP contribution in [-0.2, 0) is 10.3 Å². The van der Waals surface area contributed by atoms with Gasteiger partial charge in [-0.25, -0.2) is 0 Å². The minimum Gasteiger partial charge on any atom is -0.508 e. The maximum absolute atomic E-state index is 9.49. The predicted molar refractivity (Wildman–Crippen MR) is 81.3 cm³/mol. The molecular weight excluding hydrogens is 262 g/mol. The lowest BCUT2D eigenvalue weighted by molar-refractivity contribution is -0.0798. The number of aromatic hydroxyl groups is 1. The summed E-state index contributed by atoms with van der Waals surface area (Å²) < 4.78 is 6.56. The van der Waals surface area contributed by atoms with Gasteiger partial charge in [-0.05, 0) is 54.8 Å². The Bertz CT molecular complexity index is 645. The van der Waals surface area contributed by atoms with Crippen LogP contribution >= 0.6 is 0 Å². The molecule has 0 radical (unpaired) electrons. The van der Waals surface area contributed by atoms with E-state index in [1.165, 1.54) is 11.1 Å².